The van der Waals surface area contributed by atoms with Crippen LogP contribution < -0.4 is 15.5 Å². The largest absolute Gasteiger partial charge is 0.450 e. The lowest BCUT2D eigenvalue weighted by Gasteiger charge is -2.30. The molecule has 2 amide bonds. The van der Waals surface area contributed by atoms with Crippen molar-refractivity contribution in [2.45, 2.75) is 6.92 Å². The van der Waals surface area contributed by atoms with E-state index in [0.717, 1.165) is 24.5 Å². The molecule has 7 nitrogen and oxygen atoms in total. The first-order valence-electron chi connectivity index (χ1n) is 8.94. The van der Waals surface area contributed by atoms with Gasteiger partial charge in [-0.3, -0.25) is 10.1 Å². The molecule has 1 aliphatic heterocycles. The molecule has 1 saturated heterocycles. The fraction of sp³-hybridized carbons (Fsp3) is 0.300. The van der Waals surface area contributed by atoms with E-state index in [1.165, 1.54) is 0 Å². The van der Waals surface area contributed by atoms with Crippen LogP contribution in [0.5, 0.6) is 0 Å². The van der Waals surface area contributed by atoms with Crippen molar-refractivity contribution in [3.8, 4) is 0 Å². The molecule has 1 heterocycles. The zero-order valence-electron chi connectivity index (χ0n) is 15.2. The zero-order valence-corrected chi connectivity index (χ0v) is 15.2. The molecule has 0 saturated carbocycles. The Morgan fingerprint density at radius 1 is 1.07 bits per heavy atom. The van der Waals surface area contributed by atoms with Gasteiger partial charge in [0.1, 0.15) is 0 Å². The molecular weight excluding hydrogens is 346 g/mol. The van der Waals surface area contributed by atoms with Gasteiger partial charge in [0.15, 0.2) is 0 Å². The van der Waals surface area contributed by atoms with Crippen LogP contribution in [0.4, 0.5) is 21.9 Å². The van der Waals surface area contributed by atoms with E-state index >= 15 is 0 Å². The smallest absolute Gasteiger partial charge is 0.411 e. The highest BCUT2D eigenvalue weighted by Gasteiger charge is 2.16. The van der Waals surface area contributed by atoms with Crippen molar-refractivity contribution in [2.24, 2.45) is 0 Å². The average molecular weight is 369 g/mol. The Morgan fingerprint density at radius 3 is 2.63 bits per heavy atom. The molecule has 2 aromatic rings. The van der Waals surface area contributed by atoms with E-state index in [4.69, 9.17) is 9.47 Å². The summed E-state index contributed by atoms with van der Waals surface area (Å²) in [5.74, 6) is -0.247. The van der Waals surface area contributed by atoms with Crippen LogP contribution in [0.1, 0.15) is 17.3 Å². The van der Waals surface area contributed by atoms with Crippen LogP contribution in [-0.2, 0) is 9.47 Å². The van der Waals surface area contributed by atoms with Gasteiger partial charge in [-0.05, 0) is 37.3 Å². The third-order valence-electron chi connectivity index (χ3n) is 4.15. The highest BCUT2D eigenvalue weighted by Crippen LogP contribution is 2.27. The number of anilines is 3. The van der Waals surface area contributed by atoms with Gasteiger partial charge in [0, 0.05) is 24.3 Å². The molecule has 7 heteroatoms. The van der Waals surface area contributed by atoms with Gasteiger partial charge in [0.05, 0.1) is 31.2 Å². The Hall–Kier alpha value is -3.06. The van der Waals surface area contributed by atoms with Crippen LogP contribution in [0.2, 0.25) is 0 Å². The number of nitrogens with one attached hydrogen (secondary N) is 2. The van der Waals surface area contributed by atoms with Crippen LogP contribution >= 0.6 is 0 Å². The molecule has 0 radical (unpaired) electrons. The summed E-state index contributed by atoms with van der Waals surface area (Å²) >= 11 is 0. The Balaban J connectivity index is 1.73. The summed E-state index contributed by atoms with van der Waals surface area (Å²) in [6.07, 6.45) is -0.548. The van der Waals surface area contributed by atoms with Crippen molar-refractivity contribution in [2.75, 3.05) is 48.4 Å². The number of ether oxygens (including phenoxy) is 2. The van der Waals surface area contributed by atoms with E-state index < -0.39 is 6.09 Å². The molecule has 142 valence electrons. The molecule has 2 aromatic carbocycles. The third kappa shape index (κ3) is 4.98. The zero-order chi connectivity index (χ0) is 19.1. The van der Waals surface area contributed by atoms with Crippen LogP contribution in [0.3, 0.4) is 0 Å². The van der Waals surface area contributed by atoms with Gasteiger partial charge in [-0.2, -0.15) is 0 Å². The summed E-state index contributed by atoms with van der Waals surface area (Å²) < 4.78 is 10.3. The van der Waals surface area contributed by atoms with Gasteiger partial charge in [-0.15, -0.1) is 0 Å². The van der Waals surface area contributed by atoms with Crippen LogP contribution in [0.15, 0.2) is 48.5 Å². The van der Waals surface area contributed by atoms with Crippen LogP contribution in [0, 0.1) is 0 Å². The number of carbonyl (C=O) groups is 2. The molecule has 1 aliphatic rings. The number of benzene rings is 2. The topological polar surface area (TPSA) is 79.9 Å². The maximum absolute atomic E-state index is 12.7. The summed E-state index contributed by atoms with van der Waals surface area (Å²) in [6, 6.07) is 14.4. The SMILES string of the molecule is CCOC(=O)Nc1cccc(C(=O)Nc2ccccc2N2CCOCC2)c1. The molecule has 0 spiro atoms. The molecule has 1 fully saturated rings. The number of morpholine rings is 1. The van der Waals surface area contributed by atoms with E-state index in [1.807, 2.05) is 24.3 Å². The van der Waals surface area contributed by atoms with E-state index in [2.05, 4.69) is 15.5 Å². The van der Waals surface area contributed by atoms with Crippen molar-refractivity contribution in [3.63, 3.8) is 0 Å². The molecular formula is C20H23N3O4. The van der Waals surface area contributed by atoms with E-state index in [0.29, 0.717) is 24.5 Å². The minimum Gasteiger partial charge on any atom is -0.450 e. The summed E-state index contributed by atoms with van der Waals surface area (Å²) in [5, 5.41) is 5.57. The summed E-state index contributed by atoms with van der Waals surface area (Å²) in [6.45, 7) is 4.92. The predicted octanol–water partition coefficient (Wildman–Crippen LogP) is 3.34. The lowest BCUT2D eigenvalue weighted by atomic mass is 10.1. The third-order valence-corrected chi connectivity index (χ3v) is 4.15. The number of rotatable bonds is 5. The maximum atomic E-state index is 12.7. The minimum absolute atomic E-state index is 0.247. The lowest BCUT2D eigenvalue weighted by Crippen LogP contribution is -2.36. The van der Waals surface area contributed by atoms with Gasteiger partial charge in [0.25, 0.3) is 5.91 Å². The van der Waals surface area contributed by atoms with E-state index in [1.54, 1.807) is 31.2 Å². The van der Waals surface area contributed by atoms with Gasteiger partial charge < -0.3 is 19.7 Å². The summed E-state index contributed by atoms with van der Waals surface area (Å²) in [5.41, 5.74) is 2.66. The average Bonchev–Trinajstić information content (AvgIpc) is 2.69. The van der Waals surface area contributed by atoms with Gasteiger partial charge >= 0.3 is 6.09 Å². The predicted molar refractivity (Wildman–Crippen MR) is 105 cm³/mol. The van der Waals surface area contributed by atoms with Crippen LogP contribution in [-0.4, -0.2) is 44.9 Å². The van der Waals surface area contributed by atoms with Crippen LogP contribution in [0.25, 0.3) is 0 Å². The summed E-state index contributed by atoms with van der Waals surface area (Å²) in [4.78, 5) is 26.5. The molecule has 0 aromatic heterocycles. The number of nitrogens with zero attached hydrogens (tertiary/aromatic N) is 1. The maximum Gasteiger partial charge on any atom is 0.411 e. The van der Waals surface area contributed by atoms with Gasteiger partial charge in [-0.1, -0.05) is 18.2 Å². The first-order chi connectivity index (χ1) is 13.2. The highest BCUT2D eigenvalue weighted by molar-refractivity contribution is 6.06. The van der Waals surface area contributed by atoms with Gasteiger partial charge in [0.2, 0.25) is 0 Å². The quantitative estimate of drug-likeness (QED) is 0.845. The monoisotopic (exact) mass is 369 g/mol. The fourth-order valence-corrected chi connectivity index (χ4v) is 2.88. The molecule has 0 aliphatic carbocycles. The standard InChI is InChI=1S/C20H23N3O4/c1-2-27-20(25)21-16-7-5-6-15(14-16)19(24)22-17-8-3-4-9-18(17)23-10-12-26-13-11-23/h3-9,14H,2,10-13H2,1H3,(H,21,25)(H,22,24). The van der Waals surface area contributed by atoms with Crippen molar-refractivity contribution < 1.29 is 19.1 Å². The molecule has 0 atom stereocenters. The van der Waals surface area contributed by atoms with Crippen molar-refractivity contribution in [3.05, 3.63) is 54.1 Å². The van der Waals surface area contributed by atoms with E-state index in [-0.39, 0.29) is 12.5 Å². The molecule has 0 bridgehead atoms. The van der Waals surface area contributed by atoms with Crippen molar-refractivity contribution in [1.82, 2.24) is 0 Å². The Morgan fingerprint density at radius 2 is 1.85 bits per heavy atom. The second kappa shape index (κ2) is 9.05. The number of para-hydroxylation sites is 2. The van der Waals surface area contributed by atoms with E-state index in [9.17, 15) is 9.59 Å². The molecule has 27 heavy (non-hydrogen) atoms. The number of amides is 2. The number of hydrogen-bond donors (Lipinski definition) is 2. The molecule has 3 rings (SSSR count). The van der Waals surface area contributed by atoms with Crippen molar-refractivity contribution >= 4 is 29.1 Å². The first kappa shape index (κ1) is 18.7. The Kier molecular flexibility index (Phi) is 6.27. The summed E-state index contributed by atoms with van der Waals surface area (Å²) in [7, 11) is 0. The van der Waals surface area contributed by atoms with Gasteiger partial charge in [-0.25, -0.2) is 4.79 Å². The second-order valence-electron chi connectivity index (χ2n) is 6.00. The minimum atomic E-state index is -0.548. The second-order valence-corrected chi connectivity index (χ2v) is 6.00. The normalized spacial score (nSPS) is 13.7. The Bertz CT molecular complexity index is 803. The fourth-order valence-electron chi connectivity index (χ4n) is 2.88. The van der Waals surface area contributed by atoms with Crippen molar-refractivity contribution in [1.29, 1.82) is 0 Å². The lowest BCUT2D eigenvalue weighted by molar-refractivity contribution is 0.102. The Labute approximate surface area is 158 Å². The molecule has 0 unspecified atom stereocenters. The molecule has 2 N–H and O–H groups in total. The first-order valence-corrected chi connectivity index (χ1v) is 8.94. The number of hydrogen-bond acceptors (Lipinski definition) is 5. The highest BCUT2D eigenvalue weighted by atomic mass is 16.5. The number of carbonyl (C=O) groups excluding carboxylic acids is 2.